The monoisotopic (exact) mass is 222 g/mol. The number of fused-ring (bicyclic) bond motifs is 1. The SMILES string of the molecule is CC1CO1.CN1CNC(=O)c2nccnc21. The number of aromatic nitrogens is 2. The minimum atomic E-state index is -0.156. The van der Waals surface area contributed by atoms with Crippen LogP contribution in [-0.4, -0.2) is 42.3 Å². The molecule has 1 aromatic rings. The molecule has 2 aliphatic heterocycles. The normalized spacial score (nSPS) is 21.5. The molecule has 1 aromatic heterocycles. The Kier molecular flexibility index (Phi) is 3.00. The number of hydrogen-bond donors (Lipinski definition) is 1. The van der Waals surface area contributed by atoms with E-state index in [1.807, 2.05) is 11.9 Å². The predicted molar refractivity (Wildman–Crippen MR) is 58.2 cm³/mol. The fraction of sp³-hybridized carbons (Fsp3) is 0.500. The molecule has 3 heterocycles. The molecule has 0 saturated carbocycles. The van der Waals surface area contributed by atoms with Crippen LogP contribution in [0.15, 0.2) is 12.4 Å². The molecule has 1 amide bonds. The largest absolute Gasteiger partial charge is 0.373 e. The van der Waals surface area contributed by atoms with Crippen molar-refractivity contribution in [3.8, 4) is 0 Å². The second kappa shape index (κ2) is 4.44. The summed E-state index contributed by atoms with van der Waals surface area (Å²) in [7, 11) is 1.85. The summed E-state index contributed by atoms with van der Waals surface area (Å²) in [5.74, 6) is 0.484. The van der Waals surface area contributed by atoms with Gasteiger partial charge in [0.2, 0.25) is 0 Å². The van der Waals surface area contributed by atoms with Gasteiger partial charge in [-0.25, -0.2) is 9.97 Å². The van der Waals surface area contributed by atoms with E-state index in [1.165, 1.54) is 6.20 Å². The maximum Gasteiger partial charge on any atom is 0.275 e. The highest BCUT2D eigenvalue weighted by Gasteiger charge is 2.21. The minimum absolute atomic E-state index is 0.156. The fourth-order valence-electron chi connectivity index (χ4n) is 1.22. The van der Waals surface area contributed by atoms with E-state index in [2.05, 4.69) is 22.2 Å². The smallest absolute Gasteiger partial charge is 0.275 e. The number of nitrogens with one attached hydrogen (secondary N) is 1. The lowest BCUT2D eigenvalue weighted by Crippen LogP contribution is -2.42. The van der Waals surface area contributed by atoms with Gasteiger partial charge in [-0.2, -0.15) is 0 Å². The van der Waals surface area contributed by atoms with Gasteiger partial charge in [-0.15, -0.1) is 0 Å². The standard InChI is InChI=1S/C7H8N4O.C3H6O/c1-11-4-10-7(12)5-6(11)9-3-2-8-5;1-3-2-4-3/h2-3H,4H2,1H3,(H,10,12);3H,2H2,1H3. The van der Waals surface area contributed by atoms with E-state index in [9.17, 15) is 4.79 Å². The first-order chi connectivity index (χ1) is 7.68. The molecular formula is C10H14N4O2. The van der Waals surface area contributed by atoms with Gasteiger partial charge in [0.05, 0.1) is 19.4 Å². The lowest BCUT2D eigenvalue weighted by Gasteiger charge is -2.24. The highest BCUT2D eigenvalue weighted by Crippen LogP contribution is 2.15. The number of hydrogen-bond acceptors (Lipinski definition) is 5. The number of nitrogens with zero attached hydrogens (tertiary/aromatic N) is 3. The highest BCUT2D eigenvalue weighted by molar-refractivity contribution is 5.98. The van der Waals surface area contributed by atoms with Gasteiger partial charge >= 0.3 is 0 Å². The average molecular weight is 222 g/mol. The van der Waals surface area contributed by atoms with Crippen LogP contribution in [0.4, 0.5) is 5.82 Å². The van der Waals surface area contributed by atoms with Gasteiger partial charge in [-0.1, -0.05) is 0 Å². The zero-order chi connectivity index (χ0) is 11.5. The van der Waals surface area contributed by atoms with Crippen molar-refractivity contribution in [2.75, 3.05) is 25.2 Å². The Morgan fingerprint density at radius 2 is 2.12 bits per heavy atom. The third kappa shape index (κ3) is 2.46. The summed E-state index contributed by atoms with van der Waals surface area (Å²) >= 11 is 0. The molecule has 6 nitrogen and oxygen atoms in total. The van der Waals surface area contributed by atoms with Crippen molar-refractivity contribution in [3.63, 3.8) is 0 Å². The topological polar surface area (TPSA) is 70.7 Å². The second-order valence-corrected chi connectivity index (χ2v) is 3.73. The van der Waals surface area contributed by atoms with Gasteiger partial charge in [-0.05, 0) is 6.92 Å². The molecule has 1 atom stereocenters. The molecule has 16 heavy (non-hydrogen) atoms. The van der Waals surface area contributed by atoms with Crippen LogP contribution in [0.3, 0.4) is 0 Å². The molecule has 3 rings (SSSR count). The number of anilines is 1. The van der Waals surface area contributed by atoms with Gasteiger partial charge in [-0.3, -0.25) is 4.79 Å². The summed E-state index contributed by atoms with van der Waals surface area (Å²) in [6, 6.07) is 0. The summed E-state index contributed by atoms with van der Waals surface area (Å²) in [5.41, 5.74) is 0.395. The minimum Gasteiger partial charge on any atom is -0.373 e. The fourth-order valence-corrected chi connectivity index (χ4v) is 1.22. The molecule has 6 heteroatoms. The maximum atomic E-state index is 11.2. The summed E-state index contributed by atoms with van der Waals surface area (Å²) in [4.78, 5) is 21.0. The molecule has 1 fully saturated rings. The van der Waals surface area contributed by atoms with Crippen molar-refractivity contribution in [1.82, 2.24) is 15.3 Å². The molecule has 86 valence electrons. The van der Waals surface area contributed by atoms with Crippen LogP contribution < -0.4 is 10.2 Å². The Morgan fingerprint density at radius 3 is 2.69 bits per heavy atom. The molecule has 0 radical (unpaired) electrons. The van der Waals surface area contributed by atoms with E-state index in [-0.39, 0.29) is 5.91 Å². The van der Waals surface area contributed by atoms with Gasteiger partial charge in [0.15, 0.2) is 11.5 Å². The van der Waals surface area contributed by atoms with Crippen molar-refractivity contribution in [3.05, 3.63) is 18.1 Å². The Morgan fingerprint density at radius 1 is 1.50 bits per heavy atom. The van der Waals surface area contributed by atoms with Crippen LogP contribution in [0.5, 0.6) is 0 Å². The van der Waals surface area contributed by atoms with Crippen molar-refractivity contribution in [2.24, 2.45) is 0 Å². The second-order valence-electron chi connectivity index (χ2n) is 3.73. The zero-order valence-electron chi connectivity index (χ0n) is 9.30. The quantitative estimate of drug-likeness (QED) is 0.626. The molecule has 1 unspecified atom stereocenters. The van der Waals surface area contributed by atoms with Crippen LogP contribution in [0, 0.1) is 0 Å². The first-order valence-corrected chi connectivity index (χ1v) is 5.10. The van der Waals surface area contributed by atoms with Crippen LogP contribution in [0.2, 0.25) is 0 Å². The number of ether oxygens (including phenoxy) is 1. The summed E-state index contributed by atoms with van der Waals surface area (Å²) in [6.45, 7) is 3.53. The molecule has 0 aliphatic carbocycles. The number of carbonyl (C=O) groups is 1. The van der Waals surface area contributed by atoms with Gasteiger partial charge in [0.1, 0.15) is 0 Å². The Hall–Kier alpha value is -1.69. The van der Waals surface area contributed by atoms with Gasteiger partial charge in [0.25, 0.3) is 5.91 Å². The van der Waals surface area contributed by atoms with E-state index in [0.29, 0.717) is 24.3 Å². The van der Waals surface area contributed by atoms with Gasteiger partial charge in [0, 0.05) is 19.4 Å². The van der Waals surface area contributed by atoms with E-state index in [4.69, 9.17) is 4.74 Å². The molecule has 1 saturated heterocycles. The van der Waals surface area contributed by atoms with Crippen molar-refractivity contribution < 1.29 is 9.53 Å². The summed E-state index contributed by atoms with van der Waals surface area (Å²) in [6.07, 6.45) is 3.67. The number of carbonyl (C=O) groups excluding carboxylic acids is 1. The molecule has 0 spiro atoms. The Balaban J connectivity index is 0.000000203. The lowest BCUT2D eigenvalue weighted by atomic mass is 10.3. The molecule has 0 aromatic carbocycles. The van der Waals surface area contributed by atoms with Crippen LogP contribution in [0.1, 0.15) is 17.4 Å². The number of amides is 1. The summed E-state index contributed by atoms with van der Waals surface area (Å²) in [5, 5.41) is 2.67. The van der Waals surface area contributed by atoms with Crippen molar-refractivity contribution in [1.29, 1.82) is 0 Å². The molecule has 2 aliphatic rings. The van der Waals surface area contributed by atoms with Crippen LogP contribution >= 0.6 is 0 Å². The number of epoxide rings is 1. The Labute approximate surface area is 93.6 Å². The van der Waals surface area contributed by atoms with Crippen LogP contribution in [0.25, 0.3) is 0 Å². The molecular weight excluding hydrogens is 208 g/mol. The Bertz CT molecular complexity index is 392. The lowest BCUT2D eigenvalue weighted by molar-refractivity contribution is 0.0942. The first-order valence-electron chi connectivity index (χ1n) is 5.10. The highest BCUT2D eigenvalue weighted by atomic mass is 16.6. The van der Waals surface area contributed by atoms with E-state index >= 15 is 0 Å². The zero-order valence-corrected chi connectivity index (χ0v) is 9.30. The molecule has 1 N–H and O–H groups in total. The van der Waals surface area contributed by atoms with E-state index in [0.717, 1.165) is 6.61 Å². The van der Waals surface area contributed by atoms with E-state index < -0.39 is 0 Å². The summed E-state index contributed by atoms with van der Waals surface area (Å²) < 4.78 is 4.71. The van der Waals surface area contributed by atoms with Gasteiger partial charge < -0.3 is 15.0 Å². The number of rotatable bonds is 0. The average Bonchev–Trinajstić information content (AvgIpc) is 3.08. The van der Waals surface area contributed by atoms with Crippen molar-refractivity contribution in [2.45, 2.75) is 13.0 Å². The first kappa shape index (κ1) is 10.8. The van der Waals surface area contributed by atoms with Crippen LogP contribution in [-0.2, 0) is 4.74 Å². The van der Waals surface area contributed by atoms with Crippen molar-refractivity contribution >= 4 is 11.7 Å². The third-order valence-electron chi connectivity index (χ3n) is 2.23. The van der Waals surface area contributed by atoms with E-state index in [1.54, 1.807) is 6.20 Å². The third-order valence-corrected chi connectivity index (χ3v) is 2.23. The predicted octanol–water partition coefficient (Wildman–Crippen LogP) is 0.0188. The maximum absolute atomic E-state index is 11.2. The molecule has 0 bridgehead atoms.